The van der Waals surface area contributed by atoms with Crippen LogP contribution in [-0.4, -0.2) is 83.8 Å². The molecule has 3 amide bonds. The molecular formula is C39H46N6O6. The van der Waals surface area contributed by atoms with Crippen LogP contribution in [0.1, 0.15) is 76.9 Å². The molecule has 268 valence electrons. The molecule has 1 aliphatic carbocycles. The number of nitrogens with zero attached hydrogens (tertiary/aromatic N) is 1. The zero-order valence-corrected chi connectivity index (χ0v) is 29.1. The summed E-state index contributed by atoms with van der Waals surface area (Å²) in [5.74, 6) is -2.90. The van der Waals surface area contributed by atoms with Crippen LogP contribution in [0.25, 0.3) is 0 Å². The van der Waals surface area contributed by atoms with Crippen molar-refractivity contribution < 1.29 is 28.8 Å². The number of Topliss-reactive ketones (excluding diaryl/α,β-unsaturated/α-hetero) is 1. The lowest BCUT2D eigenvalue weighted by Gasteiger charge is -2.37. The van der Waals surface area contributed by atoms with Gasteiger partial charge in [0, 0.05) is 42.0 Å². The molecule has 5 rings (SSSR count). The maximum atomic E-state index is 14.1. The van der Waals surface area contributed by atoms with E-state index in [0.717, 1.165) is 5.56 Å². The standard InChI is InChI=1S/C39H46N6O6/c1-3-24(2)33(41)36(49)44-23-31(46)39(18-10-21-45(39)37(50)29(40)22-25-12-5-4-6-13-25)38(51)43-20-11-19-42-30-17-9-16-28-32(30)35(48)27-15-8-7-14-26(27)34(28)47/h4-9,12-17,24,29,33,42H,3,10-11,18-23,40-41H2,1-2H3,(H,43,51)(H,44,49)/t24-,29-,33-,39-/m0/s1. The van der Waals surface area contributed by atoms with Crippen molar-refractivity contribution in [3.8, 4) is 0 Å². The molecule has 1 fully saturated rings. The van der Waals surface area contributed by atoms with Crippen molar-refractivity contribution in [2.24, 2.45) is 17.4 Å². The fourth-order valence-electron chi connectivity index (χ4n) is 6.82. The SMILES string of the molecule is CC[C@H](C)[C@H](N)C(=O)NCC(=O)[C@]1(C(=O)NCCCNc2cccc3c2C(=O)c2ccccc2C3=O)CCCN1C(=O)[C@@H](N)Cc1ccccc1. The Morgan fingerprint density at radius 3 is 2.22 bits per heavy atom. The van der Waals surface area contributed by atoms with E-state index < -0.39 is 47.7 Å². The van der Waals surface area contributed by atoms with Crippen molar-refractivity contribution in [3.05, 3.63) is 101 Å². The van der Waals surface area contributed by atoms with E-state index in [0.29, 0.717) is 53.7 Å². The largest absolute Gasteiger partial charge is 0.384 e. The highest BCUT2D eigenvalue weighted by molar-refractivity contribution is 6.30. The van der Waals surface area contributed by atoms with E-state index >= 15 is 0 Å². The molecule has 3 aromatic carbocycles. The van der Waals surface area contributed by atoms with Crippen molar-refractivity contribution >= 4 is 40.8 Å². The van der Waals surface area contributed by atoms with Gasteiger partial charge in [-0.1, -0.05) is 87.0 Å². The summed E-state index contributed by atoms with van der Waals surface area (Å²) in [5, 5.41) is 8.65. The minimum absolute atomic E-state index is 0.0702. The van der Waals surface area contributed by atoms with Gasteiger partial charge in [-0.15, -0.1) is 0 Å². The number of hydrogen-bond donors (Lipinski definition) is 5. The Kier molecular flexibility index (Phi) is 11.8. The van der Waals surface area contributed by atoms with Gasteiger partial charge in [0.15, 0.2) is 22.9 Å². The van der Waals surface area contributed by atoms with Crippen molar-refractivity contribution in [2.75, 3.05) is 31.5 Å². The normalized spacial score (nSPS) is 18.2. The highest BCUT2D eigenvalue weighted by Gasteiger charge is 2.55. The summed E-state index contributed by atoms with van der Waals surface area (Å²) in [6, 6.07) is 19.2. The smallest absolute Gasteiger partial charge is 0.253 e. The molecule has 0 saturated carbocycles. The highest BCUT2D eigenvalue weighted by Crippen LogP contribution is 2.33. The molecule has 4 atom stereocenters. The fraction of sp³-hybridized carbons (Fsp3) is 0.385. The molecule has 0 radical (unpaired) electrons. The van der Waals surface area contributed by atoms with Crippen LogP contribution in [-0.2, 0) is 25.6 Å². The predicted molar refractivity (Wildman–Crippen MR) is 193 cm³/mol. The Labute approximate surface area is 297 Å². The average molecular weight is 695 g/mol. The third kappa shape index (κ3) is 7.62. The Hall–Kier alpha value is -5.20. The Balaban J connectivity index is 1.28. The van der Waals surface area contributed by atoms with E-state index in [1.807, 2.05) is 44.2 Å². The van der Waals surface area contributed by atoms with Gasteiger partial charge in [-0.05, 0) is 43.2 Å². The summed E-state index contributed by atoms with van der Waals surface area (Å²) < 4.78 is 0. The second kappa shape index (κ2) is 16.2. The lowest BCUT2D eigenvalue weighted by atomic mass is 9.83. The summed E-state index contributed by atoms with van der Waals surface area (Å²) in [6.07, 6.45) is 1.73. The molecule has 0 bridgehead atoms. The van der Waals surface area contributed by atoms with Gasteiger partial charge in [-0.2, -0.15) is 0 Å². The molecule has 2 aliphatic rings. The summed E-state index contributed by atoms with van der Waals surface area (Å²) in [4.78, 5) is 82.4. The molecule has 0 spiro atoms. The van der Waals surface area contributed by atoms with Crippen LogP contribution in [0.15, 0.2) is 72.8 Å². The van der Waals surface area contributed by atoms with Crippen LogP contribution in [0.5, 0.6) is 0 Å². The van der Waals surface area contributed by atoms with Gasteiger partial charge in [-0.3, -0.25) is 28.8 Å². The quantitative estimate of drug-likeness (QED) is 0.0918. The van der Waals surface area contributed by atoms with Gasteiger partial charge in [0.25, 0.3) is 5.91 Å². The van der Waals surface area contributed by atoms with Gasteiger partial charge < -0.3 is 32.3 Å². The second-order valence-corrected chi connectivity index (χ2v) is 13.3. The van der Waals surface area contributed by atoms with E-state index in [2.05, 4.69) is 16.0 Å². The number of amides is 3. The first-order valence-electron chi connectivity index (χ1n) is 17.5. The molecule has 1 heterocycles. The molecule has 1 saturated heterocycles. The van der Waals surface area contributed by atoms with Crippen LogP contribution >= 0.6 is 0 Å². The predicted octanol–water partition coefficient (Wildman–Crippen LogP) is 2.37. The van der Waals surface area contributed by atoms with Crippen LogP contribution < -0.4 is 27.4 Å². The molecule has 0 aromatic heterocycles. The van der Waals surface area contributed by atoms with Crippen LogP contribution in [0.4, 0.5) is 5.69 Å². The molecule has 51 heavy (non-hydrogen) atoms. The Morgan fingerprint density at radius 1 is 0.843 bits per heavy atom. The fourth-order valence-corrected chi connectivity index (χ4v) is 6.82. The summed E-state index contributed by atoms with van der Waals surface area (Å²) >= 11 is 0. The molecule has 1 aliphatic heterocycles. The first-order chi connectivity index (χ1) is 24.5. The molecule has 0 unspecified atom stereocenters. The third-order valence-corrected chi connectivity index (χ3v) is 9.99. The first kappa shape index (κ1) is 37.1. The lowest BCUT2D eigenvalue weighted by Crippen LogP contribution is -2.66. The van der Waals surface area contributed by atoms with E-state index in [-0.39, 0.29) is 43.4 Å². The molecule has 7 N–H and O–H groups in total. The number of carbonyl (C=O) groups is 6. The van der Waals surface area contributed by atoms with Gasteiger partial charge in [-0.25, -0.2) is 0 Å². The van der Waals surface area contributed by atoms with E-state index in [4.69, 9.17) is 11.5 Å². The first-order valence-corrected chi connectivity index (χ1v) is 17.5. The molecular weight excluding hydrogens is 648 g/mol. The number of ketones is 3. The number of fused-ring (bicyclic) bond motifs is 2. The Bertz CT molecular complexity index is 1810. The minimum Gasteiger partial charge on any atom is -0.384 e. The van der Waals surface area contributed by atoms with Crippen LogP contribution in [0.2, 0.25) is 0 Å². The number of carbonyl (C=O) groups excluding carboxylic acids is 6. The number of hydrogen-bond acceptors (Lipinski definition) is 9. The zero-order valence-electron chi connectivity index (χ0n) is 29.1. The van der Waals surface area contributed by atoms with E-state index in [9.17, 15) is 28.8 Å². The number of nitrogens with two attached hydrogens (primary N) is 2. The van der Waals surface area contributed by atoms with Crippen molar-refractivity contribution in [1.29, 1.82) is 0 Å². The Morgan fingerprint density at radius 2 is 1.51 bits per heavy atom. The summed E-state index contributed by atoms with van der Waals surface area (Å²) in [5.41, 5.74) is 13.3. The molecule has 12 heteroatoms. The van der Waals surface area contributed by atoms with E-state index in [1.165, 1.54) is 4.90 Å². The second-order valence-electron chi connectivity index (χ2n) is 13.3. The summed E-state index contributed by atoms with van der Waals surface area (Å²) in [7, 11) is 0. The monoisotopic (exact) mass is 694 g/mol. The molecule has 3 aromatic rings. The van der Waals surface area contributed by atoms with Crippen molar-refractivity contribution in [2.45, 2.75) is 63.6 Å². The maximum absolute atomic E-state index is 14.1. The number of nitrogens with one attached hydrogen (secondary N) is 3. The van der Waals surface area contributed by atoms with Crippen molar-refractivity contribution in [3.63, 3.8) is 0 Å². The number of likely N-dealkylation sites (tertiary alicyclic amines) is 1. The maximum Gasteiger partial charge on any atom is 0.253 e. The van der Waals surface area contributed by atoms with Gasteiger partial charge >= 0.3 is 0 Å². The van der Waals surface area contributed by atoms with E-state index in [1.54, 1.807) is 42.5 Å². The average Bonchev–Trinajstić information content (AvgIpc) is 3.61. The van der Waals surface area contributed by atoms with Gasteiger partial charge in [0.05, 0.1) is 24.2 Å². The minimum atomic E-state index is -1.87. The van der Waals surface area contributed by atoms with Crippen LogP contribution in [0.3, 0.4) is 0 Å². The number of rotatable bonds is 15. The highest BCUT2D eigenvalue weighted by atomic mass is 16.2. The number of anilines is 1. The lowest BCUT2D eigenvalue weighted by molar-refractivity contribution is -0.153. The third-order valence-electron chi connectivity index (χ3n) is 9.99. The topological polar surface area (TPSA) is 194 Å². The van der Waals surface area contributed by atoms with Gasteiger partial charge in [0.1, 0.15) is 0 Å². The van der Waals surface area contributed by atoms with Crippen LogP contribution in [0, 0.1) is 5.92 Å². The van der Waals surface area contributed by atoms with Crippen molar-refractivity contribution in [1.82, 2.24) is 15.5 Å². The zero-order chi connectivity index (χ0) is 36.7. The molecule has 12 nitrogen and oxygen atoms in total. The summed E-state index contributed by atoms with van der Waals surface area (Å²) in [6.45, 7) is 3.88. The number of benzene rings is 3. The van der Waals surface area contributed by atoms with Gasteiger partial charge in [0.2, 0.25) is 11.8 Å².